The van der Waals surface area contributed by atoms with E-state index in [1.165, 1.54) is 15.1 Å². The zero-order chi connectivity index (χ0) is 25.1. The standard InChI is InChI=1S/C28H28N4O4/c1-35-22-16-21(17-23(18-22)36-2)32-27(33)25-11-7-6-10-24(25)26(29-32)28(34)31-14-12-30(13-15-31)19-20-8-4-3-5-9-20/h3-11,16-18H,12-15,19H2,1-2H3/p+1. The van der Waals surface area contributed by atoms with E-state index in [1.807, 2.05) is 17.0 Å². The highest BCUT2D eigenvalue weighted by atomic mass is 16.5. The third-order valence-electron chi connectivity index (χ3n) is 6.64. The lowest BCUT2D eigenvalue weighted by Crippen LogP contribution is -3.13. The van der Waals surface area contributed by atoms with Gasteiger partial charge in [-0.15, -0.1) is 0 Å². The summed E-state index contributed by atoms with van der Waals surface area (Å²) in [4.78, 5) is 30.4. The van der Waals surface area contributed by atoms with Crippen molar-refractivity contribution >= 4 is 16.7 Å². The fourth-order valence-electron chi connectivity index (χ4n) is 4.67. The number of hydrogen-bond donors (Lipinski definition) is 1. The molecule has 1 amide bonds. The molecule has 2 heterocycles. The van der Waals surface area contributed by atoms with Gasteiger partial charge in [0.05, 0.1) is 51.5 Å². The Morgan fingerprint density at radius 1 is 0.889 bits per heavy atom. The number of benzene rings is 3. The predicted molar refractivity (Wildman–Crippen MR) is 137 cm³/mol. The van der Waals surface area contributed by atoms with Crippen LogP contribution in [-0.4, -0.2) is 61.0 Å². The largest absolute Gasteiger partial charge is 0.497 e. The highest BCUT2D eigenvalue weighted by molar-refractivity contribution is 6.04. The Hall–Kier alpha value is -4.17. The van der Waals surface area contributed by atoms with Crippen LogP contribution in [0, 0.1) is 0 Å². The van der Waals surface area contributed by atoms with Crippen molar-refractivity contribution in [1.29, 1.82) is 0 Å². The first-order valence-electron chi connectivity index (χ1n) is 12.0. The summed E-state index contributed by atoms with van der Waals surface area (Å²) in [5.41, 5.74) is 1.71. The second-order valence-electron chi connectivity index (χ2n) is 8.89. The fourth-order valence-corrected chi connectivity index (χ4v) is 4.67. The Labute approximate surface area is 209 Å². The van der Waals surface area contributed by atoms with E-state index in [0.717, 1.165) is 19.6 Å². The minimum absolute atomic E-state index is 0.173. The van der Waals surface area contributed by atoms with E-state index in [0.29, 0.717) is 41.0 Å². The number of rotatable bonds is 6. The number of quaternary nitrogens is 1. The molecule has 8 heteroatoms. The number of amides is 1. The minimum Gasteiger partial charge on any atom is -0.497 e. The van der Waals surface area contributed by atoms with Crippen molar-refractivity contribution in [1.82, 2.24) is 14.7 Å². The van der Waals surface area contributed by atoms with Crippen molar-refractivity contribution in [2.45, 2.75) is 6.54 Å². The molecule has 1 aromatic heterocycles. The second kappa shape index (κ2) is 10.2. The topological polar surface area (TPSA) is 78.1 Å². The highest BCUT2D eigenvalue weighted by Gasteiger charge is 2.28. The summed E-state index contributed by atoms with van der Waals surface area (Å²) in [6, 6.07) is 22.6. The van der Waals surface area contributed by atoms with Gasteiger partial charge in [0.15, 0.2) is 5.69 Å². The van der Waals surface area contributed by atoms with E-state index < -0.39 is 0 Å². The van der Waals surface area contributed by atoms with Gasteiger partial charge in [0.1, 0.15) is 18.0 Å². The number of nitrogens with zero attached hydrogens (tertiary/aromatic N) is 3. The summed E-state index contributed by atoms with van der Waals surface area (Å²) in [5.74, 6) is 0.877. The number of methoxy groups -OCH3 is 2. The maximum Gasteiger partial charge on any atom is 0.279 e. The van der Waals surface area contributed by atoms with E-state index in [1.54, 1.807) is 50.6 Å². The molecule has 5 rings (SSSR count). The maximum atomic E-state index is 13.7. The molecule has 36 heavy (non-hydrogen) atoms. The Morgan fingerprint density at radius 3 is 2.14 bits per heavy atom. The molecular formula is C28H29N4O4+. The Kier molecular flexibility index (Phi) is 6.69. The van der Waals surface area contributed by atoms with E-state index >= 15 is 0 Å². The average Bonchev–Trinajstić information content (AvgIpc) is 2.93. The van der Waals surface area contributed by atoms with Crippen molar-refractivity contribution in [3.05, 3.63) is 94.4 Å². The maximum absolute atomic E-state index is 13.7. The number of fused-ring (bicyclic) bond motifs is 1. The average molecular weight is 486 g/mol. The Morgan fingerprint density at radius 2 is 1.50 bits per heavy atom. The van der Waals surface area contributed by atoms with Gasteiger partial charge >= 0.3 is 0 Å². The van der Waals surface area contributed by atoms with Crippen LogP contribution in [0.3, 0.4) is 0 Å². The summed E-state index contributed by atoms with van der Waals surface area (Å²) in [7, 11) is 3.09. The number of piperazine rings is 1. The molecule has 0 radical (unpaired) electrons. The van der Waals surface area contributed by atoms with E-state index in [2.05, 4.69) is 29.4 Å². The number of hydrogen-bond acceptors (Lipinski definition) is 5. The van der Waals surface area contributed by atoms with Crippen LogP contribution in [0.1, 0.15) is 16.1 Å². The zero-order valence-corrected chi connectivity index (χ0v) is 20.4. The van der Waals surface area contributed by atoms with E-state index in [9.17, 15) is 9.59 Å². The van der Waals surface area contributed by atoms with E-state index in [-0.39, 0.29) is 17.2 Å². The molecule has 1 fully saturated rings. The molecule has 0 unspecified atom stereocenters. The molecule has 0 saturated carbocycles. The van der Waals surface area contributed by atoms with Crippen LogP contribution in [0.15, 0.2) is 77.6 Å². The number of nitrogens with one attached hydrogen (secondary N) is 1. The van der Waals surface area contributed by atoms with Crippen molar-refractivity contribution in [3.8, 4) is 17.2 Å². The van der Waals surface area contributed by atoms with Crippen LogP contribution in [0.2, 0.25) is 0 Å². The number of carbonyl (C=O) groups excluding carboxylic acids is 1. The van der Waals surface area contributed by atoms with E-state index in [4.69, 9.17) is 9.47 Å². The highest BCUT2D eigenvalue weighted by Crippen LogP contribution is 2.25. The molecular weight excluding hydrogens is 456 g/mol. The molecule has 1 saturated heterocycles. The quantitative estimate of drug-likeness (QED) is 0.452. The van der Waals surface area contributed by atoms with Gasteiger partial charge in [-0.05, 0) is 6.07 Å². The first kappa shape index (κ1) is 23.6. The summed E-state index contributed by atoms with van der Waals surface area (Å²) in [5, 5.41) is 5.57. The lowest BCUT2D eigenvalue weighted by atomic mass is 10.1. The van der Waals surface area contributed by atoms with Gasteiger partial charge in [-0.2, -0.15) is 9.78 Å². The van der Waals surface area contributed by atoms with Crippen molar-refractivity contribution < 1.29 is 19.2 Å². The van der Waals surface area contributed by atoms with Crippen LogP contribution >= 0.6 is 0 Å². The normalized spacial score (nSPS) is 14.1. The minimum atomic E-state index is -0.311. The van der Waals surface area contributed by atoms with Gasteiger partial charge < -0.3 is 19.3 Å². The van der Waals surface area contributed by atoms with Crippen LogP contribution in [-0.2, 0) is 6.54 Å². The van der Waals surface area contributed by atoms with Crippen LogP contribution in [0.4, 0.5) is 0 Å². The molecule has 4 aromatic rings. The fraction of sp³-hybridized carbons (Fsp3) is 0.250. The SMILES string of the molecule is COc1cc(OC)cc(-n2nc(C(=O)N3CC[NH+](Cc4ccccc4)CC3)c3ccccc3c2=O)c1. The molecule has 1 aliphatic rings. The molecule has 1 aliphatic heterocycles. The summed E-state index contributed by atoms with van der Waals surface area (Å²) < 4.78 is 12.0. The molecule has 3 aromatic carbocycles. The van der Waals surface area contributed by atoms with Gasteiger partial charge in [-0.3, -0.25) is 9.59 Å². The second-order valence-corrected chi connectivity index (χ2v) is 8.89. The number of ether oxygens (including phenoxy) is 2. The molecule has 0 aliphatic carbocycles. The first-order valence-corrected chi connectivity index (χ1v) is 12.0. The first-order chi connectivity index (χ1) is 17.6. The Balaban J connectivity index is 1.47. The third kappa shape index (κ3) is 4.67. The van der Waals surface area contributed by atoms with Crippen molar-refractivity contribution in [3.63, 3.8) is 0 Å². The molecule has 0 spiro atoms. The lowest BCUT2D eigenvalue weighted by molar-refractivity contribution is -0.917. The summed E-state index contributed by atoms with van der Waals surface area (Å²) in [6.45, 7) is 3.90. The monoisotopic (exact) mass is 485 g/mol. The molecule has 0 bridgehead atoms. The van der Waals surface area contributed by atoms with Gasteiger partial charge in [0.25, 0.3) is 11.5 Å². The van der Waals surface area contributed by atoms with Gasteiger partial charge in [-0.1, -0.05) is 48.5 Å². The smallest absolute Gasteiger partial charge is 0.279 e. The summed E-state index contributed by atoms with van der Waals surface area (Å²) in [6.07, 6.45) is 0. The molecule has 8 nitrogen and oxygen atoms in total. The molecule has 1 N–H and O–H groups in total. The van der Waals surface area contributed by atoms with Crippen molar-refractivity contribution in [2.24, 2.45) is 0 Å². The van der Waals surface area contributed by atoms with Gasteiger partial charge in [-0.25, -0.2) is 0 Å². The van der Waals surface area contributed by atoms with Crippen LogP contribution < -0.4 is 19.9 Å². The third-order valence-corrected chi connectivity index (χ3v) is 6.64. The molecule has 0 atom stereocenters. The lowest BCUT2D eigenvalue weighted by Gasteiger charge is -2.32. The Bertz CT molecular complexity index is 1420. The van der Waals surface area contributed by atoms with Crippen LogP contribution in [0.5, 0.6) is 11.5 Å². The molecule has 184 valence electrons. The number of carbonyl (C=O) groups is 1. The zero-order valence-electron chi connectivity index (χ0n) is 20.4. The van der Waals surface area contributed by atoms with Gasteiger partial charge in [0, 0.05) is 29.1 Å². The van der Waals surface area contributed by atoms with Crippen molar-refractivity contribution in [2.75, 3.05) is 40.4 Å². The predicted octanol–water partition coefficient (Wildman–Crippen LogP) is 1.94. The van der Waals surface area contributed by atoms with Gasteiger partial charge in [0.2, 0.25) is 0 Å². The van der Waals surface area contributed by atoms with Crippen LogP contribution in [0.25, 0.3) is 16.5 Å². The summed E-state index contributed by atoms with van der Waals surface area (Å²) >= 11 is 0. The number of aromatic nitrogens is 2.